The fourth-order valence-electron chi connectivity index (χ4n) is 3.31. The van der Waals surface area contributed by atoms with Gasteiger partial charge >= 0.3 is 0 Å². The lowest BCUT2D eigenvalue weighted by atomic mass is 9.74. The van der Waals surface area contributed by atoms with Gasteiger partial charge in [-0.2, -0.15) is 5.26 Å². The molecule has 0 amide bonds. The van der Waals surface area contributed by atoms with E-state index in [1.807, 2.05) is 0 Å². The Morgan fingerprint density at radius 2 is 2.23 bits per heavy atom. The highest BCUT2D eigenvalue weighted by atomic mass is 16.6. The Labute approximate surface area is 75.7 Å². The molecule has 6 atom stereocenters. The largest absolute Gasteiger partial charge is 0.390 e. The second-order valence-corrected chi connectivity index (χ2v) is 4.40. The highest BCUT2D eigenvalue weighted by Gasteiger charge is 2.69. The number of aliphatic hydroxyl groups is 2. The molecule has 0 aromatic rings. The summed E-state index contributed by atoms with van der Waals surface area (Å²) in [5.41, 5.74) is -0.714. The summed E-state index contributed by atoms with van der Waals surface area (Å²) in [7, 11) is 0. The second kappa shape index (κ2) is 2.06. The number of aliphatic hydroxyl groups excluding tert-OH is 2. The van der Waals surface area contributed by atoms with Crippen LogP contribution in [0.25, 0.3) is 0 Å². The summed E-state index contributed by atoms with van der Waals surface area (Å²) in [5.74, 6) is 0.208. The minimum atomic E-state index is -0.991. The fraction of sp³-hybridized carbons (Fsp3) is 0.889. The molecule has 2 aliphatic carbocycles. The average Bonchev–Trinajstić information content (AvgIpc) is 2.68. The number of rotatable bonds is 0. The first kappa shape index (κ1) is 7.74. The van der Waals surface area contributed by atoms with Gasteiger partial charge in [-0.3, -0.25) is 0 Å². The first-order valence-corrected chi connectivity index (χ1v) is 4.62. The quantitative estimate of drug-likeness (QED) is 0.534. The number of hydrogen-bond acceptors (Lipinski definition) is 4. The number of hydrogen-bond donors (Lipinski definition) is 2. The molecule has 3 rings (SSSR count). The number of nitrogens with zero attached hydrogens (tertiary/aromatic N) is 1. The van der Waals surface area contributed by atoms with E-state index >= 15 is 0 Å². The Balaban J connectivity index is 2.07. The lowest BCUT2D eigenvalue weighted by molar-refractivity contribution is -0.129. The Morgan fingerprint density at radius 3 is 2.85 bits per heavy atom. The van der Waals surface area contributed by atoms with E-state index in [9.17, 15) is 10.2 Å². The van der Waals surface area contributed by atoms with Crippen LogP contribution in [0.1, 0.15) is 12.8 Å². The van der Waals surface area contributed by atoms with Crippen LogP contribution in [0, 0.1) is 28.6 Å². The minimum Gasteiger partial charge on any atom is -0.390 e. The van der Waals surface area contributed by atoms with Crippen LogP contribution in [-0.4, -0.2) is 28.7 Å². The van der Waals surface area contributed by atoms with Crippen LogP contribution in [-0.2, 0) is 4.74 Å². The smallest absolute Gasteiger partial charge is 0.174 e. The molecule has 0 radical (unpaired) electrons. The number of nitriles is 1. The van der Waals surface area contributed by atoms with E-state index in [2.05, 4.69) is 6.07 Å². The van der Waals surface area contributed by atoms with Crippen molar-refractivity contribution in [1.82, 2.24) is 0 Å². The van der Waals surface area contributed by atoms with Crippen molar-refractivity contribution in [2.24, 2.45) is 17.3 Å². The molecule has 1 aliphatic heterocycles. The lowest BCUT2D eigenvalue weighted by Crippen LogP contribution is -2.37. The Kier molecular flexibility index (Phi) is 1.23. The summed E-state index contributed by atoms with van der Waals surface area (Å²) >= 11 is 0. The molecule has 5 unspecified atom stereocenters. The van der Waals surface area contributed by atoms with Gasteiger partial charge in [0.25, 0.3) is 0 Å². The van der Waals surface area contributed by atoms with E-state index in [0.717, 1.165) is 6.42 Å². The van der Waals surface area contributed by atoms with Gasteiger partial charge in [-0.15, -0.1) is 0 Å². The molecule has 3 aliphatic rings. The van der Waals surface area contributed by atoms with Crippen LogP contribution in [0.15, 0.2) is 0 Å². The van der Waals surface area contributed by atoms with E-state index < -0.39 is 17.8 Å². The third-order valence-electron chi connectivity index (χ3n) is 3.97. The highest BCUT2D eigenvalue weighted by molar-refractivity contribution is 5.21. The van der Waals surface area contributed by atoms with Gasteiger partial charge in [0.05, 0.1) is 18.3 Å². The van der Waals surface area contributed by atoms with Crippen LogP contribution < -0.4 is 0 Å². The third kappa shape index (κ3) is 0.644. The molecule has 4 nitrogen and oxygen atoms in total. The first-order chi connectivity index (χ1) is 6.19. The summed E-state index contributed by atoms with van der Waals surface area (Å²) in [4.78, 5) is 0. The summed E-state index contributed by atoms with van der Waals surface area (Å²) in [6.45, 7) is 0. The van der Waals surface area contributed by atoms with Crippen LogP contribution in [0.3, 0.4) is 0 Å². The van der Waals surface area contributed by atoms with E-state index in [4.69, 9.17) is 10.00 Å². The number of ether oxygens (including phenoxy) is 1. The predicted molar refractivity (Wildman–Crippen MR) is 41.1 cm³/mol. The minimum absolute atomic E-state index is 0.0486. The first-order valence-electron chi connectivity index (χ1n) is 4.62. The normalized spacial score (nSPS) is 62.7. The molecular formula is C9H11NO3. The summed E-state index contributed by atoms with van der Waals surface area (Å²) in [6, 6.07) is 2.18. The van der Waals surface area contributed by atoms with Gasteiger partial charge in [0, 0.05) is 5.92 Å². The Bertz CT molecular complexity index is 300. The van der Waals surface area contributed by atoms with Crippen LogP contribution >= 0.6 is 0 Å². The van der Waals surface area contributed by atoms with Crippen LogP contribution in [0.5, 0.6) is 0 Å². The summed E-state index contributed by atoms with van der Waals surface area (Å²) < 4.78 is 5.23. The standard InChI is InChI=1S/C9H11NO3/c10-3-9-2-4-1-5(9)7(6(4)11)13-8(9)12/h4-8,11-12H,1-2H2/t4?,5?,6?,7-,8?,9?/m1/s1. The van der Waals surface area contributed by atoms with Gasteiger partial charge in [0.1, 0.15) is 5.41 Å². The van der Waals surface area contributed by atoms with E-state index in [-0.39, 0.29) is 17.9 Å². The molecule has 2 bridgehead atoms. The van der Waals surface area contributed by atoms with Crippen molar-refractivity contribution in [1.29, 1.82) is 5.26 Å². The van der Waals surface area contributed by atoms with Crippen molar-refractivity contribution in [3.63, 3.8) is 0 Å². The molecule has 2 N–H and O–H groups in total. The fourth-order valence-corrected chi connectivity index (χ4v) is 3.31. The summed E-state index contributed by atoms with van der Waals surface area (Å²) in [5, 5.41) is 28.3. The van der Waals surface area contributed by atoms with E-state index in [1.54, 1.807) is 0 Å². The zero-order valence-electron chi connectivity index (χ0n) is 7.05. The molecule has 4 heteroatoms. The molecule has 2 saturated carbocycles. The molecule has 3 fully saturated rings. The average molecular weight is 181 g/mol. The second-order valence-electron chi connectivity index (χ2n) is 4.40. The zero-order chi connectivity index (χ0) is 9.22. The monoisotopic (exact) mass is 181 g/mol. The van der Waals surface area contributed by atoms with Crippen molar-refractivity contribution in [3.8, 4) is 6.07 Å². The molecule has 13 heavy (non-hydrogen) atoms. The topological polar surface area (TPSA) is 73.5 Å². The Hall–Kier alpha value is -0.630. The maximum Gasteiger partial charge on any atom is 0.174 e. The molecule has 0 aromatic heterocycles. The van der Waals surface area contributed by atoms with E-state index in [1.165, 1.54) is 0 Å². The molecule has 1 heterocycles. The van der Waals surface area contributed by atoms with Gasteiger partial charge in [-0.25, -0.2) is 0 Å². The molecular weight excluding hydrogens is 170 g/mol. The van der Waals surface area contributed by atoms with Crippen molar-refractivity contribution >= 4 is 0 Å². The van der Waals surface area contributed by atoms with E-state index in [0.29, 0.717) is 6.42 Å². The van der Waals surface area contributed by atoms with Crippen molar-refractivity contribution in [2.45, 2.75) is 31.3 Å². The number of fused-ring (bicyclic) bond motifs is 1. The lowest BCUT2D eigenvalue weighted by Gasteiger charge is -2.27. The SMILES string of the molecule is N#CC12CC3CC1[C@@H](OC2O)C3O. The third-order valence-corrected chi connectivity index (χ3v) is 3.97. The van der Waals surface area contributed by atoms with Gasteiger partial charge < -0.3 is 14.9 Å². The van der Waals surface area contributed by atoms with Crippen molar-refractivity contribution in [2.75, 3.05) is 0 Å². The van der Waals surface area contributed by atoms with Crippen molar-refractivity contribution in [3.05, 3.63) is 0 Å². The molecule has 0 spiro atoms. The Morgan fingerprint density at radius 1 is 1.46 bits per heavy atom. The zero-order valence-corrected chi connectivity index (χ0v) is 7.05. The van der Waals surface area contributed by atoms with Crippen molar-refractivity contribution < 1.29 is 14.9 Å². The van der Waals surface area contributed by atoms with Gasteiger partial charge in [0.2, 0.25) is 0 Å². The van der Waals surface area contributed by atoms with Crippen LogP contribution in [0.2, 0.25) is 0 Å². The summed E-state index contributed by atoms with van der Waals surface area (Å²) in [6.07, 6.45) is -0.338. The maximum atomic E-state index is 9.69. The van der Waals surface area contributed by atoms with Gasteiger partial charge in [-0.1, -0.05) is 0 Å². The highest BCUT2D eigenvalue weighted by Crippen LogP contribution is 2.62. The molecule has 0 aromatic carbocycles. The maximum absolute atomic E-state index is 9.69. The van der Waals surface area contributed by atoms with Crippen LogP contribution in [0.4, 0.5) is 0 Å². The molecule has 70 valence electrons. The predicted octanol–water partition coefficient (Wildman–Crippen LogP) is -0.386. The van der Waals surface area contributed by atoms with Gasteiger partial charge in [-0.05, 0) is 18.8 Å². The molecule has 1 saturated heterocycles. The van der Waals surface area contributed by atoms with Gasteiger partial charge in [0.15, 0.2) is 6.29 Å².